The summed E-state index contributed by atoms with van der Waals surface area (Å²) >= 11 is 5.95. The molecule has 0 aliphatic rings. The zero-order valence-electron chi connectivity index (χ0n) is 19.4. The van der Waals surface area contributed by atoms with Crippen LogP contribution in [-0.2, 0) is 4.74 Å². The number of carbonyl (C=O) groups is 1. The van der Waals surface area contributed by atoms with E-state index in [1.165, 1.54) is 0 Å². The van der Waals surface area contributed by atoms with Crippen LogP contribution in [0, 0.1) is 0 Å². The van der Waals surface area contributed by atoms with Gasteiger partial charge in [-0.1, -0.05) is 66.7 Å². The number of hydrogen-bond donors (Lipinski definition) is 3. The van der Waals surface area contributed by atoms with Gasteiger partial charge in [0.1, 0.15) is 11.9 Å². The van der Waals surface area contributed by atoms with E-state index in [1.54, 1.807) is 35.2 Å². The molecule has 0 aliphatic carbocycles. The van der Waals surface area contributed by atoms with Crippen LogP contribution >= 0.6 is 11.6 Å². The summed E-state index contributed by atoms with van der Waals surface area (Å²) in [5.41, 5.74) is 9.67. The molecule has 6 nitrogen and oxygen atoms in total. The SMILES string of the molecule is C=C(Nc1ccccc1O)c1ccc([C@@H](C)N(CCN)C(=O)O[C@@H](C)c2ccc(Cl)cc2)cc1. The Morgan fingerprint density at radius 3 is 2.29 bits per heavy atom. The van der Waals surface area contributed by atoms with E-state index in [-0.39, 0.29) is 11.8 Å². The minimum atomic E-state index is -0.435. The van der Waals surface area contributed by atoms with Gasteiger partial charge < -0.3 is 25.8 Å². The fraction of sp³-hybridized carbons (Fsp3) is 0.222. The van der Waals surface area contributed by atoms with Crippen molar-refractivity contribution in [1.82, 2.24) is 4.90 Å². The number of nitrogens with two attached hydrogens (primary N) is 1. The Morgan fingerprint density at radius 2 is 1.68 bits per heavy atom. The average Bonchev–Trinajstić information content (AvgIpc) is 2.84. The predicted octanol–water partition coefficient (Wildman–Crippen LogP) is 6.35. The van der Waals surface area contributed by atoms with Crippen LogP contribution in [0.5, 0.6) is 5.75 Å². The van der Waals surface area contributed by atoms with Gasteiger partial charge in [0.2, 0.25) is 0 Å². The molecule has 0 aromatic heterocycles. The van der Waals surface area contributed by atoms with E-state index in [4.69, 9.17) is 22.1 Å². The van der Waals surface area contributed by atoms with Crippen LogP contribution in [0.1, 0.15) is 42.7 Å². The number of hydrogen-bond acceptors (Lipinski definition) is 5. The first kappa shape index (κ1) is 25.1. The second kappa shape index (κ2) is 11.6. The normalized spacial score (nSPS) is 12.5. The van der Waals surface area contributed by atoms with Crippen LogP contribution in [0.15, 0.2) is 79.4 Å². The fourth-order valence-corrected chi connectivity index (χ4v) is 3.69. The monoisotopic (exact) mass is 479 g/mol. The van der Waals surface area contributed by atoms with E-state index in [9.17, 15) is 9.90 Å². The molecule has 0 saturated heterocycles. The lowest BCUT2D eigenvalue weighted by Gasteiger charge is -2.30. The first-order chi connectivity index (χ1) is 16.3. The number of carbonyl (C=O) groups excluding carboxylic acids is 1. The molecular weight excluding hydrogens is 450 g/mol. The molecule has 2 atom stereocenters. The van der Waals surface area contributed by atoms with Crippen LogP contribution < -0.4 is 11.1 Å². The minimum Gasteiger partial charge on any atom is -0.506 e. The van der Waals surface area contributed by atoms with Crippen molar-refractivity contribution in [2.45, 2.75) is 26.0 Å². The van der Waals surface area contributed by atoms with Gasteiger partial charge in [0, 0.05) is 23.8 Å². The number of nitrogens with zero attached hydrogens (tertiary/aromatic N) is 1. The summed E-state index contributed by atoms with van der Waals surface area (Å²) in [5.74, 6) is 0.151. The summed E-state index contributed by atoms with van der Waals surface area (Å²) in [6.45, 7) is 8.50. The number of aromatic hydroxyl groups is 1. The molecule has 0 saturated carbocycles. The van der Waals surface area contributed by atoms with Crippen molar-refractivity contribution >= 4 is 29.1 Å². The topological polar surface area (TPSA) is 87.8 Å². The molecule has 0 heterocycles. The van der Waals surface area contributed by atoms with Gasteiger partial charge in [0.25, 0.3) is 0 Å². The van der Waals surface area contributed by atoms with E-state index >= 15 is 0 Å². The number of rotatable bonds is 9. The third-order valence-electron chi connectivity index (χ3n) is 5.62. The molecule has 1 amide bonds. The number of amides is 1. The van der Waals surface area contributed by atoms with Crippen LogP contribution in [0.3, 0.4) is 0 Å². The van der Waals surface area contributed by atoms with E-state index < -0.39 is 12.2 Å². The molecule has 3 aromatic carbocycles. The molecule has 7 heteroatoms. The second-order valence-corrected chi connectivity index (χ2v) is 8.41. The first-order valence-electron chi connectivity index (χ1n) is 11.1. The van der Waals surface area contributed by atoms with E-state index in [1.807, 2.05) is 56.3 Å². The van der Waals surface area contributed by atoms with E-state index in [2.05, 4.69) is 11.9 Å². The lowest BCUT2D eigenvalue weighted by atomic mass is 10.0. The highest BCUT2D eigenvalue weighted by Crippen LogP contribution is 2.28. The Hall–Kier alpha value is -3.48. The van der Waals surface area contributed by atoms with Gasteiger partial charge in [-0.15, -0.1) is 0 Å². The Kier molecular flexibility index (Phi) is 8.57. The maximum Gasteiger partial charge on any atom is 0.410 e. The van der Waals surface area contributed by atoms with Gasteiger partial charge in [-0.2, -0.15) is 0 Å². The predicted molar refractivity (Wildman–Crippen MR) is 138 cm³/mol. The van der Waals surface area contributed by atoms with Gasteiger partial charge in [-0.25, -0.2) is 4.79 Å². The van der Waals surface area contributed by atoms with Crippen LogP contribution in [0.4, 0.5) is 10.5 Å². The van der Waals surface area contributed by atoms with Crippen LogP contribution in [-0.4, -0.2) is 29.2 Å². The maximum atomic E-state index is 13.0. The highest BCUT2D eigenvalue weighted by Gasteiger charge is 2.24. The van der Waals surface area contributed by atoms with Crippen molar-refractivity contribution in [3.05, 3.63) is 101 Å². The summed E-state index contributed by atoms with van der Waals surface area (Å²) in [4.78, 5) is 14.6. The molecule has 0 radical (unpaired) electrons. The number of phenolic OH excluding ortho intramolecular Hbond substituents is 1. The van der Waals surface area contributed by atoms with Gasteiger partial charge in [-0.3, -0.25) is 0 Å². The van der Waals surface area contributed by atoms with Crippen molar-refractivity contribution in [3.8, 4) is 5.75 Å². The molecule has 0 bridgehead atoms. The highest BCUT2D eigenvalue weighted by atomic mass is 35.5. The summed E-state index contributed by atoms with van der Waals surface area (Å²) in [6, 6.07) is 21.7. The van der Waals surface area contributed by atoms with Crippen LogP contribution in [0.25, 0.3) is 5.70 Å². The molecule has 34 heavy (non-hydrogen) atoms. The summed E-state index contributed by atoms with van der Waals surface area (Å²) < 4.78 is 5.71. The third kappa shape index (κ3) is 6.31. The summed E-state index contributed by atoms with van der Waals surface area (Å²) in [6.07, 6.45) is -0.862. The van der Waals surface area contributed by atoms with E-state index in [0.29, 0.717) is 29.5 Å². The standard InChI is InChI=1S/C27H30ClN3O3/c1-18(30-25-6-4-5-7-26(25)32)21-8-10-22(11-9-21)19(2)31(17-16-29)27(33)34-20(3)23-12-14-24(28)15-13-23/h4-15,19-20,30,32H,1,16-17,29H2,2-3H3/t19-,20+/m1/s1. The fourth-order valence-electron chi connectivity index (χ4n) is 3.56. The molecule has 0 spiro atoms. The number of phenols is 1. The second-order valence-electron chi connectivity index (χ2n) is 7.98. The molecule has 4 N–H and O–H groups in total. The Balaban J connectivity index is 1.69. The zero-order valence-corrected chi connectivity index (χ0v) is 20.1. The number of anilines is 1. The summed E-state index contributed by atoms with van der Waals surface area (Å²) in [7, 11) is 0. The van der Waals surface area contributed by atoms with Gasteiger partial charge in [0.15, 0.2) is 0 Å². The zero-order chi connectivity index (χ0) is 24.7. The average molecular weight is 480 g/mol. The largest absolute Gasteiger partial charge is 0.506 e. The van der Waals surface area contributed by atoms with Gasteiger partial charge in [-0.05, 0) is 54.8 Å². The number of nitrogens with one attached hydrogen (secondary N) is 1. The molecular formula is C27H30ClN3O3. The van der Waals surface area contributed by atoms with Gasteiger partial charge >= 0.3 is 6.09 Å². The number of halogens is 1. The van der Waals surface area contributed by atoms with Gasteiger partial charge in [0.05, 0.1) is 11.7 Å². The molecule has 178 valence electrons. The third-order valence-corrected chi connectivity index (χ3v) is 5.87. The number of ether oxygens (including phenoxy) is 1. The number of benzene rings is 3. The molecule has 0 aliphatic heterocycles. The first-order valence-corrected chi connectivity index (χ1v) is 11.4. The smallest absolute Gasteiger partial charge is 0.410 e. The maximum absolute atomic E-state index is 13.0. The molecule has 3 aromatic rings. The summed E-state index contributed by atoms with van der Waals surface area (Å²) in [5, 5.41) is 13.7. The molecule has 0 unspecified atom stereocenters. The van der Waals surface area contributed by atoms with Crippen molar-refractivity contribution in [3.63, 3.8) is 0 Å². The molecule has 0 fully saturated rings. The lowest BCUT2D eigenvalue weighted by Crippen LogP contribution is -2.38. The van der Waals surface area contributed by atoms with Crippen molar-refractivity contribution < 1.29 is 14.6 Å². The minimum absolute atomic E-state index is 0.151. The van der Waals surface area contributed by atoms with E-state index in [0.717, 1.165) is 16.7 Å². The Labute approximate surface area is 205 Å². The van der Waals surface area contributed by atoms with Crippen molar-refractivity contribution in [2.75, 3.05) is 18.4 Å². The Bertz CT molecular complexity index is 1120. The number of para-hydroxylation sites is 2. The van der Waals surface area contributed by atoms with Crippen molar-refractivity contribution in [2.24, 2.45) is 5.73 Å². The highest BCUT2D eigenvalue weighted by molar-refractivity contribution is 6.30. The van der Waals surface area contributed by atoms with Crippen molar-refractivity contribution in [1.29, 1.82) is 0 Å². The molecule has 3 rings (SSSR count). The van der Waals surface area contributed by atoms with Crippen LogP contribution in [0.2, 0.25) is 5.02 Å². The quantitative estimate of drug-likeness (QED) is 0.311. The Morgan fingerprint density at radius 1 is 1.06 bits per heavy atom. The lowest BCUT2D eigenvalue weighted by molar-refractivity contribution is 0.0596.